The molecular weight excluding hydrogens is 448 g/mol. The molecule has 1 amide bonds. The lowest BCUT2D eigenvalue weighted by Crippen LogP contribution is -2.17. The SMILES string of the molecule is Cc1nn(C)c(C(=O)Nc2nn(Cc3c(F)cccc3Cl)cc2Cl)c1Br. The number of halogens is 4. The molecule has 0 atom stereocenters. The third-order valence-electron chi connectivity index (χ3n) is 3.70. The van der Waals surface area contributed by atoms with Crippen LogP contribution in [0, 0.1) is 12.7 Å². The van der Waals surface area contributed by atoms with Crippen LogP contribution in [0.25, 0.3) is 0 Å². The first kappa shape index (κ1) is 18.9. The third-order valence-corrected chi connectivity index (χ3v) is 5.28. The molecule has 0 radical (unpaired) electrons. The topological polar surface area (TPSA) is 64.7 Å². The zero-order valence-corrected chi connectivity index (χ0v) is 16.8. The highest BCUT2D eigenvalue weighted by Crippen LogP contribution is 2.25. The third kappa shape index (κ3) is 3.62. The molecule has 0 fully saturated rings. The molecule has 0 bridgehead atoms. The minimum Gasteiger partial charge on any atom is -0.302 e. The molecule has 0 saturated heterocycles. The monoisotopic (exact) mass is 459 g/mol. The molecule has 136 valence electrons. The molecular formula is C16H13BrCl2FN5O. The van der Waals surface area contributed by atoms with Crippen LogP contribution in [-0.4, -0.2) is 25.5 Å². The van der Waals surface area contributed by atoms with E-state index in [1.165, 1.54) is 27.7 Å². The van der Waals surface area contributed by atoms with Crippen molar-refractivity contribution in [3.05, 3.63) is 61.7 Å². The zero-order valence-electron chi connectivity index (χ0n) is 13.7. The van der Waals surface area contributed by atoms with Crippen LogP contribution < -0.4 is 5.32 Å². The smallest absolute Gasteiger partial charge is 0.276 e. The molecule has 1 N–H and O–H groups in total. The fraction of sp³-hybridized carbons (Fsp3) is 0.188. The average Bonchev–Trinajstić information content (AvgIpc) is 3.02. The van der Waals surface area contributed by atoms with Gasteiger partial charge >= 0.3 is 0 Å². The number of amides is 1. The number of rotatable bonds is 4. The summed E-state index contributed by atoms with van der Waals surface area (Å²) in [5, 5.41) is 11.5. The Balaban J connectivity index is 1.84. The fourth-order valence-electron chi connectivity index (χ4n) is 2.45. The maximum atomic E-state index is 13.9. The minimum absolute atomic E-state index is 0.0790. The van der Waals surface area contributed by atoms with E-state index in [9.17, 15) is 9.18 Å². The van der Waals surface area contributed by atoms with E-state index in [0.29, 0.717) is 15.9 Å². The van der Waals surface area contributed by atoms with Crippen LogP contribution in [0.4, 0.5) is 10.2 Å². The molecule has 0 aliphatic rings. The number of aromatic nitrogens is 4. The normalized spacial score (nSPS) is 11.0. The van der Waals surface area contributed by atoms with Gasteiger partial charge < -0.3 is 5.32 Å². The maximum Gasteiger partial charge on any atom is 0.276 e. The van der Waals surface area contributed by atoms with Gasteiger partial charge in [0.15, 0.2) is 5.82 Å². The van der Waals surface area contributed by atoms with Gasteiger partial charge in [0.05, 0.1) is 16.7 Å². The van der Waals surface area contributed by atoms with Crippen LogP contribution in [-0.2, 0) is 13.6 Å². The number of aryl methyl sites for hydroxylation is 2. The van der Waals surface area contributed by atoms with Crippen molar-refractivity contribution in [2.45, 2.75) is 13.5 Å². The van der Waals surface area contributed by atoms with E-state index in [1.807, 2.05) is 0 Å². The van der Waals surface area contributed by atoms with Gasteiger partial charge in [-0.15, -0.1) is 0 Å². The molecule has 0 spiro atoms. The summed E-state index contributed by atoms with van der Waals surface area (Å²) in [4.78, 5) is 12.5. The highest BCUT2D eigenvalue weighted by molar-refractivity contribution is 9.10. The predicted molar refractivity (Wildman–Crippen MR) is 101 cm³/mol. The summed E-state index contributed by atoms with van der Waals surface area (Å²) in [7, 11) is 1.66. The Bertz CT molecular complexity index is 981. The Hall–Kier alpha value is -1.90. The molecule has 10 heteroatoms. The van der Waals surface area contributed by atoms with E-state index in [-0.39, 0.29) is 28.0 Å². The average molecular weight is 461 g/mol. The van der Waals surface area contributed by atoms with Gasteiger partial charge in [-0.1, -0.05) is 29.3 Å². The minimum atomic E-state index is -0.441. The van der Waals surface area contributed by atoms with E-state index in [4.69, 9.17) is 23.2 Å². The van der Waals surface area contributed by atoms with Gasteiger partial charge in [-0.25, -0.2) is 4.39 Å². The summed E-state index contributed by atoms with van der Waals surface area (Å²) in [6.07, 6.45) is 1.49. The Labute approximate surface area is 167 Å². The zero-order chi connectivity index (χ0) is 19.0. The summed E-state index contributed by atoms with van der Waals surface area (Å²) in [5.74, 6) is -0.699. The Morgan fingerprint density at radius 2 is 2.04 bits per heavy atom. The molecule has 6 nitrogen and oxygen atoms in total. The Morgan fingerprint density at radius 3 is 2.65 bits per heavy atom. The van der Waals surface area contributed by atoms with Gasteiger partial charge in [0.1, 0.15) is 16.5 Å². The molecule has 26 heavy (non-hydrogen) atoms. The summed E-state index contributed by atoms with van der Waals surface area (Å²) >= 11 is 15.5. The van der Waals surface area contributed by atoms with Crippen molar-refractivity contribution in [1.29, 1.82) is 0 Å². The predicted octanol–water partition coefficient (Wildman–Crippen LogP) is 4.43. The van der Waals surface area contributed by atoms with E-state index in [1.54, 1.807) is 20.0 Å². The van der Waals surface area contributed by atoms with Crippen LogP contribution >= 0.6 is 39.1 Å². The number of carbonyl (C=O) groups excluding carboxylic acids is 1. The van der Waals surface area contributed by atoms with Gasteiger partial charge in [-0.05, 0) is 35.0 Å². The van der Waals surface area contributed by atoms with Gasteiger partial charge in [-0.2, -0.15) is 10.2 Å². The second-order valence-corrected chi connectivity index (χ2v) is 7.16. The summed E-state index contributed by atoms with van der Waals surface area (Å²) in [6, 6.07) is 4.43. The molecule has 0 aliphatic carbocycles. The molecule has 3 rings (SSSR count). The first-order valence-electron chi connectivity index (χ1n) is 7.44. The van der Waals surface area contributed by atoms with Crippen molar-refractivity contribution in [1.82, 2.24) is 19.6 Å². The van der Waals surface area contributed by atoms with E-state index in [0.717, 1.165) is 0 Å². The van der Waals surface area contributed by atoms with Gasteiger partial charge in [-0.3, -0.25) is 14.2 Å². The van der Waals surface area contributed by atoms with Crippen molar-refractivity contribution >= 4 is 50.9 Å². The number of anilines is 1. The highest BCUT2D eigenvalue weighted by Gasteiger charge is 2.21. The van der Waals surface area contributed by atoms with Crippen LogP contribution in [0.5, 0.6) is 0 Å². The molecule has 2 aromatic heterocycles. The van der Waals surface area contributed by atoms with Gasteiger partial charge in [0, 0.05) is 23.8 Å². The Kier molecular flexibility index (Phi) is 5.36. The number of carbonyl (C=O) groups is 1. The second-order valence-electron chi connectivity index (χ2n) is 5.55. The maximum absolute atomic E-state index is 13.9. The fourth-order valence-corrected chi connectivity index (χ4v) is 3.39. The van der Waals surface area contributed by atoms with Crippen LogP contribution in [0.2, 0.25) is 10.0 Å². The molecule has 0 aliphatic heterocycles. The van der Waals surface area contributed by atoms with Gasteiger partial charge in [0.25, 0.3) is 5.91 Å². The number of nitrogens with one attached hydrogen (secondary N) is 1. The van der Waals surface area contributed by atoms with Crippen molar-refractivity contribution < 1.29 is 9.18 Å². The van der Waals surface area contributed by atoms with Crippen LogP contribution in [0.1, 0.15) is 21.7 Å². The van der Waals surface area contributed by atoms with Crippen molar-refractivity contribution in [2.24, 2.45) is 7.05 Å². The van der Waals surface area contributed by atoms with Crippen molar-refractivity contribution in [3.8, 4) is 0 Å². The molecule has 2 heterocycles. The number of hydrogen-bond acceptors (Lipinski definition) is 3. The molecule has 0 unspecified atom stereocenters. The number of hydrogen-bond donors (Lipinski definition) is 1. The first-order valence-corrected chi connectivity index (χ1v) is 8.99. The highest BCUT2D eigenvalue weighted by atomic mass is 79.9. The largest absolute Gasteiger partial charge is 0.302 e. The lowest BCUT2D eigenvalue weighted by atomic mass is 10.2. The molecule has 0 saturated carbocycles. The summed E-state index contributed by atoms with van der Waals surface area (Å²) in [5.41, 5.74) is 1.31. The van der Waals surface area contributed by atoms with E-state index >= 15 is 0 Å². The lowest BCUT2D eigenvalue weighted by Gasteiger charge is -2.06. The van der Waals surface area contributed by atoms with Crippen LogP contribution in [0.15, 0.2) is 28.9 Å². The lowest BCUT2D eigenvalue weighted by molar-refractivity contribution is 0.101. The second kappa shape index (κ2) is 7.38. The number of benzene rings is 1. The van der Waals surface area contributed by atoms with Crippen molar-refractivity contribution in [2.75, 3.05) is 5.32 Å². The quantitative estimate of drug-likeness (QED) is 0.626. The first-order chi connectivity index (χ1) is 12.3. The van der Waals surface area contributed by atoms with E-state index in [2.05, 4.69) is 31.4 Å². The number of nitrogens with zero attached hydrogens (tertiary/aromatic N) is 4. The molecule has 3 aromatic rings. The van der Waals surface area contributed by atoms with Crippen LogP contribution in [0.3, 0.4) is 0 Å². The standard InChI is InChI=1S/C16H13BrCl2FN5O/c1-8-13(17)14(24(2)22-8)16(26)21-15-11(19)7-25(23-15)6-9-10(18)4-3-5-12(9)20/h3-5,7H,6H2,1-2H3,(H,21,23,26). The van der Waals surface area contributed by atoms with Gasteiger partial charge in [0.2, 0.25) is 0 Å². The summed E-state index contributed by atoms with van der Waals surface area (Å²) in [6.45, 7) is 1.86. The van der Waals surface area contributed by atoms with Crippen molar-refractivity contribution in [3.63, 3.8) is 0 Å². The summed E-state index contributed by atoms with van der Waals surface area (Å²) < 4.78 is 17.4. The Morgan fingerprint density at radius 1 is 1.31 bits per heavy atom. The molecule has 1 aromatic carbocycles. The van der Waals surface area contributed by atoms with E-state index < -0.39 is 11.7 Å².